The van der Waals surface area contributed by atoms with E-state index in [0.29, 0.717) is 17.9 Å². The van der Waals surface area contributed by atoms with Crippen LogP contribution in [0.25, 0.3) is 0 Å². The van der Waals surface area contributed by atoms with Gasteiger partial charge >= 0.3 is 0 Å². The number of fused-ring (bicyclic) bond motifs is 1. The summed E-state index contributed by atoms with van der Waals surface area (Å²) in [5.41, 5.74) is 2.59. The highest BCUT2D eigenvalue weighted by Crippen LogP contribution is 2.31. The molecule has 2 atom stereocenters. The summed E-state index contributed by atoms with van der Waals surface area (Å²) in [4.78, 5) is 14.8. The lowest BCUT2D eigenvalue weighted by molar-refractivity contribution is -0.0706. The number of piperidine rings is 1. The number of nitrogens with one attached hydrogen (secondary N) is 1. The van der Waals surface area contributed by atoms with Crippen molar-refractivity contribution in [1.29, 1.82) is 0 Å². The molecular formula is C18H27N3O3. The molecule has 0 unspecified atom stereocenters. The fourth-order valence-electron chi connectivity index (χ4n) is 3.97. The predicted octanol–water partition coefficient (Wildman–Crippen LogP) is 2.61. The summed E-state index contributed by atoms with van der Waals surface area (Å²) in [5, 5.41) is 7.34. The zero-order valence-corrected chi connectivity index (χ0v) is 14.6. The van der Waals surface area contributed by atoms with Gasteiger partial charge in [-0.15, -0.1) is 0 Å². The number of likely N-dealkylation sites (tertiary alicyclic amines) is 1. The van der Waals surface area contributed by atoms with Crippen molar-refractivity contribution in [1.82, 2.24) is 15.1 Å². The molecular weight excluding hydrogens is 306 g/mol. The van der Waals surface area contributed by atoms with E-state index < -0.39 is 0 Å². The van der Waals surface area contributed by atoms with Gasteiger partial charge in [0.05, 0.1) is 30.1 Å². The van der Waals surface area contributed by atoms with Gasteiger partial charge < -0.3 is 14.4 Å². The number of hydrogen-bond acceptors (Lipinski definition) is 4. The molecule has 1 aliphatic carbocycles. The summed E-state index contributed by atoms with van der Waals surface area (Å²) in [7, 11) is 0. The number of nitrogens with zero attached hydrogens (tertiary/aromatic N) is 2. The zero-order chi connectivity index (χ0) is 16.7. The number of rotatable bonds is 3. The molecule has 1 saturated carbocycles. The molecule has 132 valence electrons. The lowest BCUT2D eigenvalue weighted by atomic mass is 9.95. The van der Waals surface area contributed by atoms with Crippen LogP contribution in [0.3, 0.4) is 0 Å². The van der Waals surface area contributed by atoms with E-state index in [1.54, 1.807) is 0 Å². The Bertz CT molecular complexity index is 603. The van der Waals surface area contributed by atoms with Crippen LogP contribution in [0.2, 0.25) is 0 Å². The molecule has 0 spiro atoms. The molecule has 1 N–H and O–H groups in total. The van der Waals surface area contributed by atoms with Crippen molar-refractivity contribution in [2.24, 2.45) is 0 Å². The number of H-pyrrole nitrogens is 1. The highest BCUT2D eigenvalue weighted by atomic mass is 16.5. The van der Waals surface area contributed by atoms with Gasteiger partial charge in [0.25, 0.3) is 5.91 Å². The third-order valence-corrected chi connectivity index (χ3v) is 5.60. The maximum atomic E-state index is 12.9. The second-order valence-corrected chi connectivity index (χ2v) is 7.44. The average Bonchev–Trinajstić information content (AvgIpc) is 2.95. The first-order valence-corrected chi connectivity index (χ1v) is 9.29. The normalized spacial score (nSPS) is 28.5. The molecule has 0 bridgehead atoms. The molecule has 6 heteroatoms. The minimum absolute atomic E-state index is 0.0283. The minimum Gasteiger partial charge on any atom is -0.375 e. The van der Waals surface area contributed by atoms with Crippen LogP contribution in [-0.4, -0.2) is 52.4 Å². The van der Waals surface area contributed by atoms with E-state index in [0.717, 1.165) is 43.6 Å². The van der Waals surface area contributed by atoms with Crippen LogP contribution in [0.1, 0.15) is 73.8 Å². The number of hydrogen-bond donors (Lipinski definition) is 1. The first-order valence-electron chi connectivity index (χ1n) is 9.29. The molecule has 24 heavy (non-hydrogen) atoms. The second-order valence-electron chi connectivity index (χ2n) is 7.44. The Labute approximate surface area is 142 Å². The third kappa shape index (κ3) is 2.97. The van der Waals surface area contributed by atoms with Crippen LogP contribution in [0.5, 0.6) is 0 Å². The van der Waals surface area contributed by atoms with Crippen molar-refractivity contribution in [3.05, 3.63) is 17.0 Å². The third-order valence-electron chi connectivity index (χ3n) is 5.60. The molecule has 1 amide bonds. The monoisotopic (exact) mass is 333 g/mol. The van der Waals surface area contributed by atoms with Gasteiger partial charge in [0, 0.05) is 25.1 Å². The number of carbonyl (C=O) groups excluding carboxylic acids is 1. The number of aromatic amines is 1. The molecule has 1 saturated heterocycles. The summed E-state index contributed by atoms with van der Waals surface area (Å²) < 4.78 is 11.9. The fourth-order valence-corrected chi connectivity index (χ4v) is 3.97. The Morgan fingerprint density at radius 1 is 1.21 bits per heavy atom. The van der Waals surface area contributed by atoms with E-state index >= 15 is 0 Å². The quantitative estimate of drug-likeness (QED) is 0.923. The number of aromatic nitrogens is 2. The van der Waals surface area contributed by atoms with Gasteiger partial charge in [-0.05, 0) is 46.0 Å². The van der Waals surface area contributed by atoms with Crippen LogP contribution in [0.15, 0.2) is 0 Å². The van der Waals surface area contributed by atoms with Gasteiger partial charge in [0.2, 0.25) is 0 Å². The molecule has 6 nitrogen and oxygen atoms in total. The SMILES string of the molecule is C[C@@H]1Cc2c(C(=O)N3CCC(OC4CCC4)CC3)n[nH]c2[C@H](C)O1. The van der Waals surface area contributed by atoms with E-state index in [4.69, 9.17) is 9.47 Å². The van der Waals surface area contributed by atoms with E-state index in [1.807, 2.05) is 18.7 Å². The van der Waals surface area contributed by atoms with Crippen molar-refractivity contribution < 1.29 is 14.3 Å². The van der Waals surface area contributed by atoms with Crippen molar-refractivity contribution in [2.75, 3.05) is 13.1 Å². The molecule has 0 radical (unpaired) electrons. The standard InChI is InChI=1S/C18H27N3O3/c1-11-10-15-16(12(2)23-11)19-20-17(15)18(22)21-8-6-14(7-9-21)24-13-4-3-5-13/h11-14H,3-10H2,1-2H3,(H,19,20)/t11-,12+/m1/s1. The van der Waals surface area contributed by atoms with Crippen LogP contribution in [0.4, 0.5) is 0 Å². The minimum atomic E-state index is -0.0283. The molecule has 1 aromatic rings. The first-order chi connectivity index (χ1) is 11.6. The van der Waals surface area contributed by atoms with Gasteiger partial charge in [0.15, 0.2) is 5.69 Å². The topological polar surface area (TPSA) is 67.5 Å². The average molecular weight is 333 g/mol. The molecule has 4 rings (SSSR count). The van der Waals surface area contributed by atoms with Gasteiger partial charge in [0.1, 0.15) is 0 Å². The summed E-state index contributed by atoms with van der Waals surface area (Å²) in [6, 6.07) is 0. The van der Waals surface area contributed by atoms with Crippen molar-refractivity contribution >= 4 is 5.91 Å². The van der Waals surface area contributed by atoms with E-state index in [2.05, 4.69) is 10.2 Å². The molecule has 1 aromatic heterocycles. The van der Waals surface area contributed by atoms with Crippen molar-refractivity contribution in [3.8, 4) is 0 Å². The van der Waals surface area contributed by atoms with Crippen LogP contribution in [0, 0.1) is 0 Å². The molecule has 2 fully saturated rings. The smallest absolute Gasteiger partial charge is 0.274 e. The van der Waals surface area contributed by atoms with E-state index in [9.17, 15) is 4.79 Å². The Hall–Kier alpha value is -1.40. The number of ether oxygens (including phenoxy) is 2. The Kier molecular flexibility index (Phi) is 4.35. The molecule has 3 heterocycles. The zero-order valence-electron chi connectivity index (χ0n) is 14.6. The highest BCUT2D eigenvalue weighted by Gasteiger charge is 2.33. The molecule has 0 aromatic carbocycles. The van der Waals surface area contributed by atoms with Gasteiger partial charge in [-0.3, -0.25) is 9.89 Å². The number of amides is 1. The molecule has 2 aliphatic heterocycles. The molecule has 3 aliphatic rings. The van der Waals surface area contributed by atoms with E-state index in [-0.39, 0.29) is 18.1 Å². The summed E-state index contributed by atoms with van der Waals surface area (Å²) in [5.74, 6) is 0.0518. The number of carbonyl (C=O) groups is 1. The Balaban J connectivity index is 1.40. The summed E-state index contributed by atoms with van der Waals surface area (Å²) in [6.45, 7) is 5.58. The van der Waals surface area contributed by atoms with Crippen molar-refractivity contribution in [2.45, 2.75) is 76.8 Å². The van der Waals surface area contributed by atoms with Gasteiger partial charge in [-0.2, -0.15) is 5.10 Å². The summed E-state index contributed by atoms with van der Waals surface area (Å²) in [6.07, 6.45) is 7.21. The van der Waals surface area contributed by atoms with E-state index in [1.165, 1.54) is 19.3 Å². The van der Waals surface area contributed by atoms with Gasteiger partial charge in [-0.25, -0.2) is 0 Å². The van der Waals surface area contributed by atoms with Gasteiger partial charge in [-0.1, -0.05) is 0 Å². The Morgan fingerprint density at radius 2 is 1.92 bits per heavy atom. The first kappa shape index (κ1) is 16.1. The Morgan fingerprint density at radius 3 is 2.58 bits per heavy atom. The maximum absolute atomic E-state index is 12.9. The lowest BCUT2D eigenvalue weighted by Crippen LogP contribution is -2.43. The highest BCUT2D eigenvalue weighted by molar-refractivity contribution is 5.94. The fraction of sp³-hybridized carbons (Fsp3) is 0.778. The lowest BCUT2D eigenvalue weighted by Gasteiger charge is -2.36. The largest absolute Gasteiger partial charge is 0.375 e. The van der Waals surface area contributed by atoms with Crippen LogP contribution < -0.4 is 0 Å². The predicted molar refractivity (Wildman–Crippen MR) is 88.9 cm³/mol. The second kappa shape index (κ2) is 6.48. The summed E-state index contributed by atoms with van der Waals surface area (Å²) >= 11 is 0. The van der Waals surface area contributed by atoms with Crippen LogP contribution in [-0.2, 0) is 15.9 Å². The van der Waals surface area contributed by atoms with Crippen LogP contribution >= 0.6 is 0 Å². The van der Waals surface area contributed by atoms with Crippen molar-refractivity contribution in [3.63, 3.8) is 0 Å². The maximum Gasteiger partial charge on any atom is 0.274 e.